The molecule has 0 amide bonds. The van der Waals surface area contributed by atoms with Gasteiger partial charge in [0.25, 0.3) is 0 Å². The number of esters is 1. The zero-order chi connectivity index (χ0) is 21.0. The summed E-state index contributed by atoms with van der Waals surface area (Å²) in [6.45, 7) is 2.25. The van der Waals surface area contributed by atoms with Gasteiger partial charge in [-0.3, -0.25) is 0 Å². The highest BCUT2D eigenvalue weighted by Gasteiger charge is 2.54. The molecule has 0 saturated heterocycles. The maximum absolute atomic E-state index is 12.9. The highest BCUT2D eigenvalue weighted by molar-refractivity contribution is 5.96. The number of hydrogen-bond acceptors (Lipinski definition) is 5. The van der Waals surface area contributed by atoms with Gasteiger partial charge in [-0.25, -0.2) is 4.79 Å². The van der Waals surface area contributed by atoms with Crippen LogP contribution < -0.4 is 10.5 Å². The summed E-state index contributed by atoms with van der Waals surface area (Å²) in [6.07, 6.45) is 5.55. The lowest BCUT2D eigenvalue weighted by Gasteiger charge is -2.50. The van der Waals surface area contributed by atoms with E-state index in [0.717, 1.165) is 49.7 Å². The molecule has 2 fully saturated rings. The largest absolute Gasteiger partial charge is 0.508 e. The maximum Gasteiger partial charge on any atom is 0.345 e. The number of aliphatic hydroxyl groups excluding tert-OH is 1. The van der Waals surface area contributed by atoms with Gasteiger partial charge in [0.05, 0.1) is 11.7 Å². The minimum Gasteiger partial charge on any atom is -0.508 e. The van der Waals surface area contributed by atoms with E-state index in [1.54, 1.807) is 30.3 Å². The zero-order valence-corrected chi connectivity index (χ0v) is 17.3. The molecule has 4 N–H and O–H groups in total. The molecule has 5 rings (SSSR count). The summed E-state index contributed by atoms with van der Waals surface area (Å²) in [7, 11) is 0. The second-order valence-electron chi connectivity index (χ2n) is 9.55. The summed E-state index contributed by atoms with van der Waals surface area (Å²) in [5, 5.41) is 20.9. The van der Waals surface area contributed by atoms with Gasteiger partial charge in [0.15, 0.2) is 0 Å². The molecule has 3 aliphatic carbocycles. The van der Waals surface area contributed by atoms with Crippen molar-refractivity contribution in [3.8, 4) is 11.5 Å². The Morgan fingerprint density at radius 1 is 1.17 bits per heavy atom. The van der Waals surface area contributed by atoms with Crippen LogP contribution in [-0.2, 0) is 6.42 Å². The Balaban J connectivity index is 1.51. The summed E-state index contributed by atoms with van der Waals surface area (Å²) in [5.41, 5.74) is 8.80. The van der Waals surface area contributed by atoms with E-state index in [1.807, 2.05) is 6.07 Å². The molecular formula is C25H29NO4. The van der Waals surface area contributed by atoms with Crippen molar-refractivity contribution >= 4 is 11.7 Å². The minimum atomic E-state index is -0.500. The second-order valence-corrected chi connectivity index (χ2v) is 9.55. The van der Waals surface area contributed by atoms with Gasteiger partial charge in [0.1, 0.15) is 11.5 Å². The molecule has 2 aromatic rings. The molecule has 158 valence electrons. The Labute approximate surface area is 176 Å². The van der Waals surface area contributed by atoms with Crippen LogP contribution in [0.4, 0.5) is 5.69 Å². The Morgan fingerprint density at radius 3 is 2.77 bits per heavy atom. The van der Waals surface area contributed by atoms with Crippen molar-refractivity contribution in [1.82, 2.24) is 0 Å². The van der Waals surface area contributed by atoms with E-state index < -0.39 is 5.97 Å². The van der Waals surface area contributed by atoms with Gasteiger partial charge in [-0.1, -0.05) is 19.1 Å². The first-order valence-corrected chi connectivity index (χ1v) is 11.0. The fraction of sp³-hybridized carbons (Fsp3) is 0.480. The summed E-state index contributed by atoms with van der Waals surface area (Å²) < 4.78 is 5.84. The summed E-state index contributed by atoms with van der Waals surface area (Å²) >= 11 is 0. The molecule has 0 unspecified atom stereocenters. The lowest BCUT2D eigenvalue weighted by atomic mass is 9.55. The third-order valence-electron chi connectivity index (χ3n) is 8.10. The number of nitrogens with two attached hydrogens (primary N) is 1. The quantitative estimate of drug-likeness (QED) is 0.390. The molecule has 0 radical (unpaired) electrons. The van der Waals surface area contributed by atoms with Gasteiger partial charge in [-0.15, -0.1) is 0 Å². The molecule has 0 aromatic heterocycles. The standard InChI is InChI=1S/C25H29NO4/c1-25-11-10-17-16(19(25)8-9-22(25)28)7-6-14-12-15(27)13-21(23(14)17)30-24(29)18-4-2-3-5-20(18)26/h2-5,12-13,16-17,19,22,27-28H,6-11,26H2,1H3/t16-,17-,19-,22-,25-/m0/s1. The van der Waals surface area contributed by atoms with Gasteiger partial charge in [-0.05, 0) is 85.5 Å². The third kappa shape index (κ3) is 2.90. The van der Waals surface area contributed by atoms with E-state index >= 15 is 0 Å². The van der Waals surface area contributed by atoms with Gasteiger partial charge < -0.3 is 20.7 Å². The molecule has 2 saturated carbocycles. The number of fused-ring (bicyclic) bond motifs is 5. The Morgan fingerprint density at radius 2 is 1.97 bits per heavy atom. The van der Waals surface area contributed by atoms with Gasteiger partial charge >= 0.3 is 5.97 Å². The molecule has 30 heavy (non-hydrogen) atoms. The van der Waals surface area contributed by atoms with Crippen molar-refractivity contribution in [2.24, 2.45) is 17.3 Å². The number of ether oxygens (including phenoxy) is 1. The Kier molecular flexibility index (Phi) is 4.55. The molecular weight excluding hydrogens is 378 g/mol. The molecule has 0 bridgehead atoms. The number of hydrogen-bond donors (Lipinski definition) is 3. The zero-order valence-electron chi connectivity index (χ0n) is 17.3. The van der Waals surface area contributed by atoms with E-state index in [-0.39, 0.29) is 23.2 Å². The van der Waals surface area contributed by atoms with Crippen LogP contribution in [-0.4, -0.2) is 22.3 Å². The highest BCUT2D eigenvalue weighted by atomic mass is 16.5. The van der Waals surface area contributed by atoms with Gasteiger partial charge in [-0.2, -0.15) is 0 Å². The molecule has 0 aliphatic heterocycles. The molecule has 5 heteroatoms. The van der Waals surface area contributed by atoms with Crippen LogP contribution in [0.3, 0.4) is 0 Å². The lowest BCUT2D eigenvalue weighted by Crippen LogP contribution is -2.44. The van der Waals surface area contributed by atoms with Crippen LogP contribution in [0.1, 0.15) is 66.4 Å². The first kappa shape index (κ1) is 19.4. The number of phenols is 1. The van der Waals surface area contributed by atoms with Crippen molar-refractivity contribution < 1.29 is 19.7 Å². The van der Waals surface area contributed by atoms with Crippen molar-refractivity contribution in [2.75, 3.05) is 5.73 Å². The van der Waals surface area contributed by atoms with Crippen molar-refractivity contribution in [3.05, 3.63) is 53.1 Å². The Bertz CT molecular complexity index is 1000. The first-order valence-electron chi connectivity index (χ1n) is 11.0. The molecule has 3 aliphatic rings. The number of benzene rings is 2. The van der Waals surface area contributed by atoms with Crippen molar-refractivity contribution in [1.29, 1.82) is 0 Å². The predicted octanol–water partition coefficient (Wildman–Crippen LogP) is 4.41. The van der Waals surface area contributed by atoms with Crippen LogP contribution in [0.5, 0.6) is 11.5 Å². The van der Waals surface area contributed by atoms with Gasteiger partial charge in [0.2, 0.25) is 0 Å². The fourth-order valence-electron chi connectivity index (χ4n) is 6.56. The number of para-hydroxylation sites is 1. The molecule has 0 heterocycles. The topological polar surface area (TPSA) is 92.8 Å². The lowest BCUT2D eigenvalue weighted by molar-refractivity contribution is -0.0229. The first-order chi connectivity index (χ1) is 14.4. The average Bonchev–Trinajstić information content (AvgIpc) is 3.02. The van der Waals surface area contributed by atoms with Crippen molar-refractivity contribution in [3.63, 3.8) is 0 Å². The predicted molar refractivity (Wildman–Crippen MR) is 115 cm³/mol. The van der Waals surface area contributed by atoms with Gasteiger partial charge in [0, 0.05) is 17.3 Å². The van der Waals surface area contributed by atoms with E-state index in [4.69, 9.17) is 10.5 Å². The Hall–Kier alpha value is -2.53. The van der Waals surface area contributed by atoms with Crippen LogP contribution >= 0.6 is 0 Å². The van der Waals surface area contributed by atoms with Crippen molar-refractivity contribution in [2.45, 2.75) is 57.5 Å². The smallest absolute Gasteiger partial charge is 0.345 e. The number of phenolic OH excluding ortho intramolecular Hbond substituents is 1. The monoisotopic (exact) mass is 407 g/mol. The molecule has 5 nitrogen and oxygen atoms in total. The fourth-order valence-corrected chi connectivity index (χ4v) is 6.56. The SMILES string of the molecule is C[C@]12CC[C@@H]3c4c(cc(O)cc4OC(=O)c4ccccc4N)CC[C@@H]3[C@@H]1CC[C@@H]2O. The summed E-state index contributed by atoms with van der Waals surface area (Å²) in [5.74, 6) is 1.32. The number of aryl methyl sites for hydroxylation is 1. The number of aliphatic hydroxyl groups is 1. The third-order valence-corrected chi connectivity index (χ3v) is 8.10. The number of rotatable bonds is 2. The molecule has 0 spiro atoms. The van der Waals surface area contributed by atoms with E-state index in [0.29, 0.717) is 28.8 Å². The molecule has 5 atom stereocenters. The average molecular weight is 408 g/mol. The second kappa shape index (κ2) is 7.02. The van der Waals surface area contributed by atoms with E-state index in [2.05, 4.69) is 6.92 Å². The van der Waals surface area contributed by atoms with Crippen LogP contribution in [0, 0.1) is 17.3 Å². The number of carbonyl (C=O) groups excluding carboxylic acids is 1. The summed E-state index contributed by atoms with van der Waals surface area (Å²) in [4.78, 5) is 12.9. The number of nitrogen functional groups attached to an aromatic ring is 1. The highest BCUT2D eigenvalue weighted by Crippen LogP contribution is 2.62. The minimum absolute atomic E-state index is 0.00901. The van der Waals surface area contributed by atoms with Crippen LogP contribution in [0.15, 0.2) is 36.4 Å². The van der Waals surface area contributed by atoms with Crippen LogP contribution in [0.2, 0.25) is 0 Å². The van der Waals surface area contributed by atoms with Crippen LogP contribution in [0.25, 0.3) is 0 Å². The number of aromatic hydroxyl groups is 1. The number of carbonyl (C=O) groups is 1. The van der Waals surface area contributed by atoms with E-state index in [9.17, 15) is 15.0 Å². The molecule has 2 aromatic carbocycles. The normalized spacial score (nSPS) is 32.1. The number of anilines is 1. The summed E-state index contributed by atoms with van der Waals surface area (Å²) in [6, 6.07) is 10.3. The maximum atomic E-state index is 12.9. The van der Waals surface area contributed by atoms with E-state index in [1.165, 1.54) is 0 Å².